The molecule has 0 unspecified atom stereocenters. The fourth-order valence-electron chi connectivity index (χ4n) is 1.66. The van der Waals surface area contributed by atoms with E-state index in [1.165, 1.54) is 9.76 Å². The summed E-state index contributed by atoms with van der Waals surface area (Å²) in [5.74, 6) is 0. The molecule has 1 aromatic carbocycles. The Morgan fingerprint density at radius 1 is 1.17 bits per heavy atom. The molecule has 0 saturated heterocycles. The van der Waals surface area contributed by atoms with Crippen molar-refractivity contribution in [3.63, 3.8) is 0 Å². The highest BCUT2D eigenvalue weighted by Crippen LogP contribution is 2.20. The highest BCUT2D eigenvalue weighted by Gasteiger charge is 2.18. The number of hydrogen-bond acceptors (Lipinski definition) is 0. The van der Waals surface area contributed by atoms with Crippen molar-refractivity contribution in [3.05, 3.63) is 35.9 Å². The number of rotatable bonds is 3. The summed E-state index contributed by atoms with van der Waals surface area (Å²) >= 11 is 0. The maximum Gasteiger partial charge on any atom is 0.0170 e. The zero-order chi connectivity index (χ0) is 9.03. The maximum atomic E-state index is 2.43. The Morgan fingerprint density at radius 3 is 2.25 bits per heavy atom. The second-order valence-electron chi connectivity index (χ2n) is 4.00. The Morgan fingerprint density at radius 2 is 1.75 bits per heavy atom. The zero-order valence-corrected chi connectivity index (χ0v) is 13.1. The molecule has 3 heteroatoms. The van der Waals surface area contributed by atoms with Crippen LogP contribution in [0.2, 0.25) is 0 Å². The summed E-state index contributed by atoms with van der Waals surface area (Å²) in [4.78, 5) is 0. The van der Waals surface area contributed by atoms with Gasteiger partial charge in [0, 0.05) is 9.04 Å². The number of benzene rings is 1. The summed E-state index contributed by atoms with van der Waals surface area (Å²) in [6, 6.07) is 11.0. The van der Waals surface area contributed by atoms with Crippen LogP contribution in [-0.4, -0.2) is 27.4 Å². The predicted molar refractivity (Wildman–Crippen MR) is 66.5 cm³/mol. The Kier molecular flexibility index (Phi) is 3.49. The van der Waals surface area contributed by atoms with Crippen molar-refractivity contribution < 1.29 is 0 Å². The molecule has 12 heavy (non-hydrogen) atoms. The molecule has 0 saturated carbocycles. The van der Waals surface area contributed by atoms with E-state index in [1.807, 2.05) is 0 Å². The van der Waals surface area contributed by atoms with Gasteiger partial charge in [-0.2, -0.15) is 0 Å². The second-order valence-corrected chi connectivity index (χ2v) is 20.8. The van der Waals surface area contributed by atoms with E-state index < -0.39 is 0 Å². The molecule has 0 spiro atoms. The molecule has 0 radical (unpaired) electrons. The Labute approximate surface area is 82.4 Å². The van der Waals surface area contributed by atoms with Crippen LogP contribution in [0.15, 0.2) is 30.3 Å². The van der Waals surface area contributed by atoms with Crippen LogP contribution < -0.4 is 0 Å². The van der Waals surface area contributed by atoms with E-state index in [4.69, 9.17) is 0 Å². The third-order valence-electron chi connectivity index (χ3n) is 2.43. The van der Waals surface area contributed by atoms with Gasteiger partial charge in [-0.25, -0.2) is 0 Å². The Balaban J connectivity index is 2.82. The van der Waals surface area contributed by atoms with Crippen molar-refractivity contribution in [2.24, 2.45) is 0 Å². The summed E-state index contributed by atoms with van der Waals surface area (Å²) in [5.41, 5.74) is 1.57. The van der Waals surface area contributed by atoms with Gasteiger partial charge in [0.2, 0.25) is 0 Å². The van der Waals surface area contributed by atoms with E-state index in [0.717, 1.165) is 0 Å². The van der Waals surface area contributed by atoms with Crippen LogP contribution in [0.25, 0.3) is 0 Å². The minimum Gasteiger partial charge on any atom is -0.0622 e. The van der Waals surface area contributed by atoms with Crippen LogP contribution in [0.1, 0.15) is 19.4 Å². The summed E-state index contributed by atoms with van der Waals surface area (Å²) in [5, 5.41) is 0.579. The predicted octanol–water partition coefficient (Wildman–Crippen LogP) is -0.545. The fraction of sp³-hybridized carbons (Fsp3) is 0.333. The van der Waals surface area contributed by atoms with Crippen molar-refractivity contribution >= 4 is 27.4 Å². The molecular weight excluding hydrogens is 192 g/mol. The molecule has 0 aliphatic carbocycles. The first kappa shape index (κ1) is 9.95. The van der Waals surface area contributed by atoms with Crippen LogP contribution >= 0.6 is 0 Å². The standard InChI is InChI=1S/C9H18Si3/c1-9(2,11-12-10)8-6-4-3-5-7-8/h3-7H,11-12H2,1-2,10H3. The van der Waals surface area contributed by atoms with Gasteiger partial charge in [-0.1, -0.05) is 44.2 Å². The van der Waals surface area contributed by atoms with Crippen LogP contribution in [0.3, 0.4) is 0 Å². The molecule has 0 atom stereocenters. The minimum absolute atomic E-state index is 0.252. The first-order valence-corrected chi connectivity index (χ1v) is 15.1. The molecule has 1 aromatic rings. The average molecular weight is 211 g/mol. The number of hydrogen-bond donors (Lipinski definition) is 0. The van der Waals surface area contributed by atoms with E-state index in [-0.39, 0.29) is 9.04 Å². The first-order chi connectivity index (χ1) is 5.67. The maximum absolute atomic E-state index is 2.43. The van der Waals surface area contributed by atoms with Crippen LogP contribution in [-0.2, 0) is 5.04 Å². The quantitative estimate of drug-likeness (QED) is 0.588. The third-order valence-corrected chi connectivity index (χ3v) is 14.3. The van der Waals surface area contributed by atoms with Gasteiger partial charge in [0.25, 0.3) is 0 Å². The van der Waals surface area contributed by atoms with Gasteiger partial charge in [-0.15, -0.1) is 0 Å². The molecule has 0 nitrogen and oxygen atoms in total. The lowest BCUT2D eigenvalue weighted by atomic mass is 10.0. The summed E-state index contributed by atoms with van der Waals surface area (Å²) < 4.78 is 0. The van der Waals surface area contributed by atoms with E-state index in [0.29, 0.717) is 13.6 Å². The molecule has 0 heterocycles. The van der Waals surface area contributed by atoms with Crippen molar-refractivity contribution in [2.75, 3.05) is 0 Å². The van der Waals surface area contributed by atoms with Gasteiger partial charge < -0.3 is 0 Å². The molecule has 1 rings (SSSR count). The molecule has 0 aromatic heterocycles. The summed E-state index contributed by atoms with van der Waals surface area (Å²) in [6.07, 6.45) is 0. The van der Waals surface area contributed by atoms with Gasteiger partial charge in [0.05, 0.1) is 0 Å². The highest BCUT2D eigenvalue weighted by atomic mass is 29.5. The van der Waals surface area contributed by atoms with E-state index in [2.05, 4.69) is 44.2 Å². The van der Waals surface area contributed by atoms with Gasteiger partial charge in [0.1, 0.15) is 0 Å². The van der Waals surface area contributed by atoms with Crippen molar-refractivity contribution in [3.8, 4) is 0 Å². The van der Waals surface area contributed by atoms with Gasteiger partial charge in [-0.3, -0.25) is 0 Å². The monoisotopic (exact) mass is 210 g/mol. The van der Waals surface area contributed by atoms with E-state index in [9.17, 15) is 0 Å². The topological polar surface area (TPSA) is 0 Å². The molecule has 0 bridgehead atoms. The second kappa shape index (κ2) is 4.20. The van der Waals surface area contributed by atoms with Gasteiger partial charge in [0.15, 0.2) is 0 Å². The van der Waals surface area contributed by atoms with Crippen molar-refractivity contribution in [1.29, 1.82) is 0 Å². The molecule has 0 fully saturated rings. The third kappa shape index (κ3) is 2.43. The molecule has 0 aliphatic rings. The minimum atomic E-state index is 0.252. The average Bonchev–Trinajstić information content (AvgIpc) is 2.06. The smallest absolute Gasteiger partial charge is 0.0170 e. The fourth-order valence-corrected chi connectivity index (χ4v) is 19.3. The van der Waals surface area contributed by atoms with Crippen LogP contribution in [0, 0.1) is 0 Å². The molecular formula is C9H18Si3. The summed E-state index contributed by atoms with van der Waals surface area (Å²) in [6.45, 7) is 4.86. The first-order valence-electron chi connectivity index (χ1n) is 4.72. The lowest BCUT2D eigenvalue weighted by Crippen LogP contribution is -2.30. The van der Waals surface area contributed by atoms with Crippen LogP contribution in [0.4, 0.5) is 0 Å². The van der Waals surface area contributed by atoms with Crippen molar-refractivity contribution in [2.45, 2.75) is 18.9 Å². The Hall–Kier alpha value is -0.129. The van der Waals surface area contributed by atoms with Gasteiger partial charge >= 0.3 is 0 Å². The largest absolute Gasteiger partial charge is 0.0622 e. The molecule has 0 aliphatic heterocycles. The van der Waals surface area contributed by atoms with Crippen LogP contribution in [0.5, 0.6) is 0 Å². The Bertz CT molecular complexity index is 231. The van der Waals surface area contributed by atoms with Crippen molar-refractivity contribution in [1.82, 2.24) is 0 Å². The lowest BCUT2D eigenvalue weighted by molar-refractivity contribution is 0.760. The highest BCUT2D eigenvalue weighted by molar-refractivity contribution is 7.24. The molecule has 0 amide bonds. The van der Waals surface area contributed by atoms with Gasteiger partial charge in [-0.05, 0) is 28.9 Å². The lowest BCUT2D eigenvalue weighted by Gasteiger charge is -2.23. The van der Waals surface area contributed by atoms with E-state index in [1.54, 1.807) is 5.56 Å². The van der Waals surface area contributed by atoms with E-state index >= 15 is 0 Å². The SMILES string of the molecule is CC(C)([SiH2][SiH2][SiH3])c1ccccc1. The molecule has 0 N–H and O–H groups in total. The summed E-state index contributed by atoms with van der Waals surface area (Å²) in [7, 11) is 2.22. The normalized spacial score (nSPS) is 13.8. The molecule has 66 valence electrons. The zero-order valence-electron chi connectivity index (χ0n) is 8.30.